The van der Waals surface area contributed by atoms with Crippen molar-refractivity contribution in [2.75, 3.05) is 12.4 Å². The number of para-hydroxylation sites is 1. The predicted octanol–water partition coefficient (Wildman–Crippen LogP) is 4.41. The Balaban J connectivity index is 1.75. The second-order valence-electron chi connectivity index (χ2n) is 6.93. The number of anilines is 1. The Morgan fingerprint density at radius 2 is 1.82 bits per heavy atom. The molecule has 0 aliphatic carbocycles. The molecule has 7 nitrogen and oxygen atoms in total. The summed E-state index contributed by atoms with van der Waals surface area (Å²) in [5.41, 5.74) is 1.83. The van der Waals surface area contributed by atoms with Gasteiger partial charge in [0.1, 0.15) is 11.4 Å². The Morgan fingerprint density at radius 3 is 2.48 bits per heavy atom. The van der Waals surface area contributed by atoms with Gasteiger partial charge in [0.05, 0.1) is 12.8 Å². The highest BCUT2D eigenvalue weighted by Gasteiger charge is 2.14. The van der Waals surface area contributed by atoms with Crippen molar-refractivity contribution in [1.82, 2.24) is 14.3 Å². The van der Waals surface area contributed by atoms with Crippen LogP contribution in [-0.4, -0.2) is 27.7 Å². The monoisotopic (exact) mass is 447 g/mol. The average Bonchev–Trinajstić information content (AvgIpc) is 3.17. The van der Waals surface area contributed by atoms with Crippen molar-refractivity contribution in [3.05, 3.63) is 107 Å². The summed E-state index contributed by atoms with van der Waals surface area (Å²) in [6.07, 6.45) is 6.06. The molecule has 0 atom stereocenters. The average molecular weight is 447 g/mol. The first-order valence-electron chi connectivity index (χ1n) is 9.85. The summed E-state index contributed by atoms with van der Waals surface area (Å²) in [7, 11) is 1.46. The molecule has 0 saturated heterocycles. The minimum Gasteiger partial charge on any atom is -0.494 e. The highest BCUT2D eigenvalue weighted by Crippen LogP contribution is 2.26. The molecule has 0 saturated carbocycles. The van der Waals surface area contributed by atoms with E-state index in [4.69, 9.17) is 10.1 Å². The van der Waals surface area contributed by atoms with E-state index in [-0.39, 0.29) is 11.1 Å². The van der Waals surface area contributed by atoms with Crippen LogP contribution in [-0.2, 0) is 0 Å². The Bertz CT molecular complexity index is 1370. The standard InChI is InChI=1S/C24H19F2N5O2/c1-33-23-13-17(30-14-18(25)19(26)15-30)7-8-21(23)31-12-10-22(32)24(29-31)20(9-11-27)28-16-5-3-2-4-6-16/h2-15,27-28H,1H3/b20-9-,27-11?. The van der Waals surface area contributed by atoms with Crippen LogP contribution in [0.3, 0.4) is 0 Å². The fraction of sp³-hybridized carbons (Fsp3) is 0.0417. The van der Waals surface area contributed by atoms with E-state index >= 15 is 0 Å². The second-order valence-corrected chi connectivity index (χ2v) is 6.93. The van der Waals surface area contributed by atoms with Crippen LogP contribution in [0.15, 0.2) is 84.1 Å². The summed E-state index contributed by atoms with van der Waals surface area (Å²) in [5, 5.41) is 15.0. The van der Waals surface area contributed by atoms with Gasteiger partial charge in [-0.05, 0) is 30.3 Å². The van der Waals surface area contributed by atoms with E-state index in [2.05, 4.69) is 10.4 Å². The van der Waals surface area contributed by atoms with Gasteiger partial charge in [0, 0.05) is 48.3 Å². The van der Waals surface area contributed by atoms with Crippen molar-refractivity contribution in [3.8, 4) is 17.1 Å². The van der Waals surface area contributed by atoms with Crippen molar-refractivity contribution in [1.29, 1.82) is 5.41 Å². The lowest BCUT2D eigenvalue weighted by Gasteiger charge is -2.15. The molecule has 2 heterocycles. The molecular weight excluding hydrogens is 428 g/mol. The number of hydrogen-bond acceptors (Lipinski definition) is 5. The summed E-state index contributed by atoms with van der Waals surface area (Å²) >= 11 is 0. The van der Waals surface area contributed by atoms with Gasteiger partial charge in [-0.3, -0.25) is 4.79 Å². The minimum atomic E-state index is -0.957. The van der Waals surface area contributed by atoms with Gasteiger partial charge in [0.2, 0.25) is 5.43 Å². The molecular formula is C24H19F2N5O2. The third-order valence-corrected chi connectivity index (χ3v) is 4.81. The Hall–Kier alpha value is -4.53. The van der Waals surface area contributed by atoms with Gasteiger partial charge in [-0.15, -0.1) is 0 Å². The van der Waals surface area contributed by atoms with Crippen molar-refractivity contribution in [2.45, 2.75) is 0 Å². The molecule has 0 radical (unpaired) electrons. The third kappa shape index (κ3) is 4.57. The molecule has 0 spiro atoms. The fourth-order valence-corrected chi connectivity index (χ4v) is 3.24. The molecule has 0 fully saturated rings. The Kier molecular flexibility index (Phi) is 6.12. The number of nitrogens with one attached hydrogen (secondary N) is 2. The predicted molar refractivity (Wildman–Crippen MR) is 122 cm³/mol. The molecule has 2 aromatic carbocycles. The summed E-state index contributed by atoms with van der Waals surface area (Å²) in [6, 6.07) is 15.5. The van der Waals surface area contributed by atoms with E-state index in [9.17, 15) is 13.6 Å². The maximum Gasteiger partial charge on any atom is 0.209 e. The number of benzene rings is 2. The molecule has 0 amide bonds. The van der Waals surface area contributed by atoms with Gasteiger partial charge >= 0.3 is 0 Å². The summed E-state index contributed by atoms with van der Waals surface area (Å²) in [6.45, 7) is 0. The van der Waals surface area contributed by atoms with Crippen LogP contribution in [0.4, 0.5) is 14.5 Å². The van der Waals surface area contributed by atoms with Gasteiger partial charge in [-0.25, -0.2) is 13.5 Å². The van der Waals surface area contributed by atoms with Gasteiger partial charge in [0.15, 0.2) is 17.3 Å². The zero-order chi connectivity index (χ0) is 23.4. The van der Waals surface area contributed by atoms with E-state index in [1.807, 2.05) is 30.3 Å². The van der Waals surface area contributed by atoms with Crippen molar-refractivity contribution in [2.24, 2.45) is 0 Å². The quantitative estimate of drug-likeness (QED) is 0.411. The fourth-order valence-electron chi connectivity index (χ4n) is 3.24. The van der Waals surface area contributed by atoms with Gasteiger partial charge in [0.25, 0.3) is 0 Å². The van der Waals surface area contributed by atoms with E-state index in [1.54, 1.807) is 18.2 Å². The topological polar surface area (TPSA) is 84.9 Å². The van der Waals surface area contributed by atoms with Gasteiger partial charge < -0.3 is 20.0 Å². The molecule has 4 aromatic rings. The highest BCUT2D eigenvalue weighted by atomic mass is 19.2. The largest absolute Gasteiger partial charge is 0.494 e. The maximum atomic E-state index is 13.4. The van der Waals surface area contributed by atoms with Crippen LogP contribution in [0.25, 0.3) is 17.1 Å². The van der Waals surface area contributed by atoms with Gasteiger partial charge in [-0.2, -0.15) is 5.10 Å². The molecule has 33 heavy (non-hydrogen) atoms. The molecule has 0 bridgehead atoms. The van der Waals surface area contributed by atoms with E-state index in [1.165, 1.54) is 34.7 Å². The first kappa shape index (κ1) is 21.7. The molecule has 166 valence electrons. The van der Waals surface area contributed by atoms with Crippen LogP contribution in [0, 0.1) is 17.0 Å². The molecule has 0 aliphatic heterocycles. The van der Waals surface area contributed by atoms with E-state index in [0.29, 0.717) is 22.8 Å². The zero-order valence-corrected chi connectivity index (χ0v) is 17.5. The number of ether oxygens (including phenoxy) is 1. The normalized spacial score (nSPS) is 11.3. The van der Waals surface area contributed by atoms with Crippen LogP contribution in [0.5, 0.6) is 5.75 Å². The Morgan fingerprint density at radius 1 is 1.09 bits per heavy atom. The number of halogens is 2. The summed E-state index contributed by atoms with van der Waals surface area (Å²) in [5.74, 6) is -1.54. The van der Waals surface area contributed by atoms with Crippen LogP contribution < -0.4 is 15.5 Å². The molecule has 0 aliphatic rings. The number of nitrogens with zero attached hydrogens (tertiary/aromatic N) is 3. The van der Waals surface area contributed by atoms with E-state index in [0.717, 1.165) is 24.3 Å². The van der Waals surface area contributed by atoms with Crippen molar-refractivity contribution >= 4 is 17.6 Å². The first-order chi connectivity index (χ1) is 16.0. The smallest absolute Gasteiger partial charge is 0.209 e. The number of allylic oxidation sites excluding steroid dienone is 1. The number of rotatable bonds is 7. The summed E-state index contributed by atoms with van der Waals surface area (Å²) in [4.78, 5) is 12.6. The van der Waals surface area contributed by atoms with Crippen molar-refractivity contribution < 1.29 is 13.5 Å². The lowest BCUT2D eigenvalue weighted by Crippen LogP contribution is -2.18. The molecule has 2 aromatic heterocycles. The molecule has 4 rings (SSSR count). The third-order valence-electron chi connectivity index (χ3n) is 4.81. The van der Waals surface area contributed by atoms with Crippen molar-refractivity contribution in [3.63, 3.8) is 0 Å². The number of hydrogen-bond donors (Lipinski definition) is 2. The van der Waals surface area contributed by atoms with Crippen LogP contribution >= 0.6 is 0 Å². The first-order valence-corrected chi connectivity index (χ1v) is 9.85. The lowest BCUT2D eigenvalue weighted by molar-refractivity contribution is 0.411. The molecule has 0 unspecified atom stereocenters. The zero-order valence-electron chi connectivity index (χ0n) is 17.5. The van der Waals surface area contributed by atoms with Gasteiger partial charge in [-0.1, -0.05) is 18.2 Å². The second kappa shape index (κ2) is 9.31. The SMILES string of the molecule is COc1cc(-n2cc(F)c(F)c2)ccc1-n1ccc(=O)c(/C(=C/C=N)Nc2ccccc2)n1. The number of methoxy groups -OCH3 is 1. The maximum absolute atomic E-state index is 13.4. The van der Waals surface area contributed by atoms with Crippen LogP contribution in [0.2, 0.25) is 0 Å². The highest BCUT2D eigenvalue weighted by molar-refractivity contribution is 5.86. The molecule has 9 heteroatoms. The lowest BCUT2D eigenvalue weighted by atomic mass is 10.2. The Labute approximate surface area is 187 Å². The van der Waals surface area contributed by atoms with E-state index < -0.39 is 11.6 Å². The summed E-state index contributed by atoms with van der Waals surface area (Å²) < 4.78 is 35.1. The van der Waals surface area contributed by atoms with Crippen LogP contribution in [0.1, 0.15) is 5.69 Å². The molecule has 2 N–H and O–H groups in total. The minimum absolute atomic E-state index is 0.102. The number of aromatic nitrogens is 3.